The highest BCUT2D eigenvalue weighted by molar-refractivity contribution is 7.99. The van der Waals surface area contributed by atoms with Gasteiger partial charge in [0, 0.05) is 29.1 Å². The van der Waals surface area contributed by atoms with E-state index in [9.17, 15) is 14.3 Å². The van der Waals surface area contributed by atoms with Gasteiger partial charge in [0.1, 0.15) is 5.82 Å². The monoisotopic (exact) mass is 416 g/mol. The number of rotatable bonds is 4. The Morgan fingerprint density at radius 1 is 1.36 bits per heavy atom. The number of benzene rings is 2. The first kappa shape index (κ1) is 18.4. The molecule has 142 valence electrons. The standard InChI is InChI=1S/C19H14ClFN4O2S/c1-25-8-12(17(21)24-25)14-13(20)6-5-11-15(14)23-18(22)16(11)28-10-4-2-3-9(7-10)19(26)27/h2-8,23H,22H2,1H3,(H,26,27). The summed E-state index contributed by atoms with van der Waals surface area (Å²) in [5, 5.41) is 14.0. The van der Waals surface area contributed by atoms with Crippen LogP contribution < -0.4 is 5.73 Å². The van der Waals surface area contributed by atoms with Crippen LogP contribution >= 0.6 is 23.4 Å². The molecule has 0 spiro atoms. The molecule has 0 radical (unpaired) electrons. The lowest BCUT2D eigenvalue weighted by Gasteiger charge is -2.06. The van der Waals surface area contributed by atoms with E-state index in [0.717, 1.165) is 10.3 Å². The van der Waals surface area contributed by atoms with Crippen molar-refractivity contribution >= 4 is 46.1 Å². The largest absolute Gasteiger partial charge is 0.478 e. The molecule has 4 N–H and O–H groups in total. The fraction of sp³-hybridized carbons (Fsp3) is 0.0526. The van der Waals surface area contributed by atoms with Crippen molar-refractivity contribution in [1.29, 1.82) is 0 Å². The third-order valence-electron chi connectivity index (χ3n) is 4.26. The molecule has 0 fully saturated rings. The maximum Gasteiger partial charge on any atom is 0.335 e. The van der Waals surface area contributed by atoms with Crippen molar-refractivity contribution in [3.8, 4) is 11.1 Å². The molecule has 0 bridgehead atoms. The second-order valence-corrected chi connectivity index (χ2v) is 7.65. The van der Waals surface area contributed by atoms with E-state index in [2.05, 4.69) is 10.1 Å². The van der Waals surface area contributed by atoms with Crippen LogP contribution in [0.4, 0.5) is 10.2 Å². The number of carbonyl (C=O) groups is 1. The molecule has 2 heterocycles. The van der Waals surface area contributed by atoms with Gasteiger partial charge in [0.2, 0.25) is 5.95 Å². The van der Waals surface area contributed by atoms with Crippen LogP contribution in [0.1, 0.15) is 10.4 Å². The normalized spacial score (nSPS) is 11.2. The van der Waals surface area contributed by atoms with Crippen molar-refractivity contribution < 1.29 is 14.3 Å². The molecule has 28 heavy (non-hydrogen) atoms. The van der Waals surface area contributed by atoms with Gasteiger partial charge in [-0.05, 0) is 24.3 Å². The average Bonchev–Trinajstić information content (AvgIpc) is 3.14. The van der Waals surface area contributed by atoms with Gasteiger partial charge in [-0.2, -0.15) is 4.39 Å². The van der Waals surface area contributed by atoms with Crippen molar-refractivity contribution in [1.82, 2.24) is 14.8 Å². The van der Waals surface area contributed by atoms with E-state index in [1.807, 2.05) is 0 Å². The Morgan fingerprint density at radius 3 is 2.82 bits per heavy atom. The first-order chi connectivity index (χ1) is 13.3. The molecule has 4 rings (SSSR count). The molecule has 2 aromatic heterocycles. The Balaban J connectivity index is 1.87. The third kappa shape index (κ3) is 3.10. The maximum atomic E-state index is 14.3. The van der Waals surface area contributed by atoms with Crippen molar-refractivity contribution in [3.05, 3.63) is 59.1 Å². The van der Waals surface area contributed by atoms with Gasteiger partial charge in [-0.25, -0.2) is 4.79 Å². The number of H-pyrrole nitrogens is 1. The van der Waals surface area contributed by atoms with Gasteiger partial charge in [0.05, 0.1) is 26.6 Å². The summed E-state index contributed by atoms with van der Waals surface area (Å²) in [6, 6.07) is 10.0. The molecular weight excluding hydrogens is 403 g/mol. The first-order valence-corrected chi connectivity index (χ1v) is 9.35. The minimum absolute atomic E-state index is 0.185. The molecular formula is C19H14ClFN4O2S. The van der Waals surface area contributed by atoms with Crippen molar-refractivity contribution in [2.45, 2.75) is 9.79 Å². The average molecular weight is 417 g/mol. The van der Waals surface area contributed by atoms with Crippen molar-refractivity contribution in [2.75, 3.05) is 5.73 Å². The number of nitrogens with one attached hydrogen (secondary N) is 1. The number of nitrogen functional groups attached to an aromatic ring is 1. The van der Waals surface area contributed by atoms with Crippen LogP contribution in [0.2, 0.25) is 5.02 Å². The first-order valence-electron chi connectivity index (χ1n) is 8.15. The number of hydrogen-bond donors (Lipinski definition) is 3. The number of hydrogen-bond acceptors (Lipinski definition) is 4. The summed E-state index contributed by atoms with van der Waals surface area (Å²) >= 11 is 7.68. The number of carboxylic acids is 1. The Bertz CT molecular complexity index is 1230. The minimum Gasteiger partial charge on any atom is -0.478 e. The molecule has 0 amide bonds. The van der Waals surface area contributed by atoms with Gasteiger partial charge >= 0.3 is 5.97 Å². The predicted octanol–water partition coefficient (Wildman–Crippen LogP) is 4.79. The summed E-state index contributed by atoms with van der Waals surface area (Å²) in [6.45, 7) is 0. The lowest BCUT2D eigenvalue weighted by Crippen LogP contribution is -1.95. The Hall–Kier alpha value is -2.97. The number of aromatic nitrogens is 3. The molecule has 0 unspecified atom stereocenters. The Morgan fingerprint density at radius 2 is 2.14 bits per heavy atom. The van der Waals surface area contributed by atoms with E-state index in [0.29, 0.717) is 26.8 Å². The number of aromatic carboxylic acids is 1. The smallest absolute Gasteiger partial charge is 0.335 e. The highest BCUT2D eigenvalue weighted by atomic mass is 35.5. The molecule has 0 aliphatic rings. The second-order valence-electron chi connectivity index (χ2n) is 6.16. The second kappa shape index (κ2) is 6.88. The number of aryl methyl sites for hydroxylation is 1. The molecule has 9 heteroatoms. The van der Waals surface area contributed by atoms with Crippen LogP contribution in [-0.4, -0.2) is 25.8 Å². The number of nitrogens with zero attached hydrogens (tertiary/aromatic N) is 2. The minimum atomic E-state index is -1.00. The van der Waals surface area contributed by atoms with E-state index < -0.39 is 11.9 Å². The van der Waals surface area contributed by atoms with E-state index in [4.69, 9.17) is 17.3 Å². The summed E-state index contributed by atoms with van der Waals surface area (Å²) in [5.74, 6) is -1.25. The molecule has 0 aliphatic heterocycles. The van der Waals surface area contributed by atoms with Gasteiger partial charge in [0.25, 0.3) is 0 Å². The number of halogens is 2. The van der Waals surface area contributed by atoms with E-state index in [-0.39, 0.29) is 11.1 Å². The lowest BCUT2D eigenvalue weighted by molar-refractivity contribution is 0.0696. The molecule has 0 saturated heterocycles. The summed E-state index contributed by atoms with van der Waals surface area (Å²) < 4.78 is 15.7. The summed E-state index contributed by atoms with van der Waals surface area (Å²) in [4.78, 5) is 15.7. The highest BCUT2D eigenvalue weighted by Gasteiger charge is 2.21. The molecule has 2 aromatic carbocycles. The number of carboxylic acid groups (broad SMARTS) is 1. The van der Waals surface area contributed by atoms with Crippen LogP contribution in [0.3, 0.4) is 0 Å². The lowest BCUT2D eigenvalue weighted by atomic mass is 10.1. The van der Waals surface area contributed by atoms with Crippen LogP contribution in [0, 0.1) is 5.95 Å². The van der Waals surface area contributed by atoms with E-state index in [1.165, 1.54) is 22.5 Å². The van der Waals surface area contributed by atoms with E-state index in [1.54, 1.807) is 43.6 Å². The summed E-state index contributed by atoms with van der Waals surface area (Å²) in [7, 11) is 1.63. The molecule has 0 atom stereocenters. The summed E-state index contributed by atoms with van der Waals surface area (Å²) in [5.41, 5.74) is 7.71. The van der Waals surface area contributed by atoms with Gasteiger partial charge in [-0.15, -0.1) is 5.10 Å². The summed E-state index contributed by atoms with van der Waals surface area (Å²) in [6.07, 6.45) is 1.55. The molecule has 0 saturated carbocycles. The van der Waals surface area contributed by atoms with Gasteiger partial charge in [0.15, 0.2) is 0 Å². The fourth-order valence-corrected chi connectivity index (χ4v) is 4.31. The Kier molecular flexibility index (Phi) is 4.52. The predicted molar refractivity (Wildman–Crippen MR) is 107 cm³/mol. The highest BCUT2D eigenvalue weighted by Crippen LogP contribution is 2.43. The number of fused-ring (bicyclic) bond motifs is 1. The van der Waals surface area contributed by atoms with Crippen molar-refractivity contribution in [2.24, 2.45) is 7.05 Å². The topological polar surface area (TPSA) is 96.9 Å². The number of anilines is 1. The van der Waals surface area contributed by atoms with Gasteiger partial charge in [-0.1, -0.05) is 35.5 Å². The van der Waals surface area contributed by atoms with Gasteiger partial charge < -0.3 is 15.8 Å². The van der Waals surface area contributed by atoms with E-state index >= 15 is 0 Å². The SMILES string of the molecule is Cn1cc(-c2c(Cl)ccc3c(Sc4cccc(C(=O)O)c4)c(N)[nH]c23)c(F)n1. The van der Waals surface area contributed by atoms with Crippen LogP contribution in [-0.2, 0) is 7.05 Å². The third-order valence-corrected chi connectivity index (χ3v) is 5.71. The van der Waals surface area contributed by atoms with Gasteiger partial charge in [-0.3, -0.25) is 4.68 Å². The van der Waals surface area contributed by atoms with Crippen LogP contribution in [0.5, 0.6) is 0 Å². The number of aromatic amines is 1. The zero-order valence-corrected chi connectivity index (χ0v) is 16.1. The van der Waals surface area contributed by atoms with Crippen LogP contribution in [0.15, 0.2) is 52.4 Å². The quantitative estimate of drug-likeness (QED) is 0.444. The molecule has 4 aromatic rings. The number of nitrogens with two attached hydrogens (primary N) is 1. The maximum absolute atomic E-state index is 14.3. The zero-order valence-electron chi connectivity index (χ0n) is 14.5. The van der Waals surface area contributed by atoms with Crippen molar-refractivity contribution in [3.63, 3.8) is 0 Å². The Labute approximate surface area is 168 Å². The zero-order chi connectivity index (χ0) is 20.0. The van der Waals surface area contributed by atoms with Crippen LogP contribution in [0.25, 0.3) is 22.0 Å². The molecule has 0 aliphatic carbocycles. The fourth-order valence-electron chi connectivity index (χ4n) is 3.05. The molecule has 6 nitrogen and oxygen atoms in total.